The molecule has 33 heavy (non-hydrogen) atoms. The minimum atomic E-state index is 0.302. The smallest absolute Gasteiger partial charge is 0.226 e. The van der Waals surface area contributed by atoms with Crippen molar-refractivity contribution in [3.05, 3.63) is 77.2 Å². The maximum absolute atomic E-state index is 5.65. The normalized spacial score (nSPS) is 17.2. The van der Waals surface area contributed by atoms with Gasteiger partial charge in [0.1, 0.15) is 6.26 Å². The van der Waals surface area contributed by atoms with E-state index in [0.29, 0.717) is 25.1 Å². The molecule has 1 aliphatic heterocycles. The highest BCUT2D eigenvalue weighted by atomic mass is 16.5. The van der Waals surface area contributed by atoms with Crippen LogP contribution in [0, 0.1) is 6.92 Å². The number of aryl methyl sites for hydroxylation is 1. The summed E-state index contributed by atoms with van der Waals surface area (Å²) in [6.45, 7) is 9.14. The lowest BCUT2D eigenvalue weighted by molar-refractivity contribution is -0.0212. The number of ether oxygens (including phenoxy) is 1. The van der Waals surface area contributed by atoms with E-state index in [1.54, 1.807) is 13.3 Å². The van der Waals surface area contributed by atoms with Crippen molar-refractivity contribution in [2.45, 2.75) is 39.6 Å². The highest BCUT2D eigenvalue weighted by Gasteiger charge is 2.16. The van der Waals surface area contributed by atoms with Gasteiger partial charge in [0, 0.05) is 38.8 Å². The van der Waals surface area contributed by atoms with Crippen LogP contribution in [0.2, 0.25) is 0 Å². The number of hydrogen-bond acceptors (Lipinski definition) is 5. The van der Waals surface area contributed by atoms with Crippen molar-refractivity contribution in [1.82, 2.24) is 20.5 Å². The SMILES string of the molecule is CN=C(NCc1cccc(CN2CCOC(C)C2)c1)NCc1coc(-c2ccc(C)cc2)n1. The fraction of sp³-hybridized carbons (Fsp3) is 0.385. The summed E-state index contributed by atoms with van der Waals surface area (Å²) < 4.78 is 11.3. The molecule has 7 heteroatoms. The molecule has 7 nitrogen and oxygen atoms in total. The van der Waals surface area contributed by atoms with Crippen molar-refractivity contribution in [3.8, 4) is 11.5 Å². The average Bonchev–Trinajstić information content (AvgIpc) is 3.29. The van der Waals surface area contributed by atoms with E-state index >= 15 is 0 Å². The number of nitrogens with one attached hydrogen (secondary N) is 2. The lowest BCUT2D eigenvalue weighted by Gasteiger charge is -2.31. The van der Waals surface area contributed by atoms with E-state index in [4.69, 9.17) is 9.15 Å². The first-order valence-electron chi connectivity index (χ1n) is 11.5. The van der Waals surface area contributed by atoms with Crippen LogP contribution in [-0.2, 0) is 24.4 Å². The van der Waals surface area contributed by atoms with Crippen LogP contribution in [-0.4, -0.2) is 48.7 Å². The van der Waals surface area contributed by atoms with Crippen LogP contribution < -0.4 is 10.6 Å². The van der Waals surface area contributed by atoms with Crippen LogP contribution in [0.1, 0.15) is 29.3 Å². The second kappa shape index (κ2) is 11.1. The zero-order valence-electron chi connectivity index (χ0n) is 19.7. The number of rotatable bonds is 7. The molecule has 0 spiro atoms. The first-order valence-corrected chi connectivity index (χ1v) is 11.5. The van der Waals surface area contributed by atoms with Crippen LogP contribution in [0.3, 0.4) is 0 Å². The van der Waals surface area contributed by atoms with Crippen molar-refractivity contribution in [3.63, 3.8) is 0 Å². The highest BCUT2D eigenvalue weighted by Crippen LogP contribution is 2.19. The number of oxazole rings is 1. The van der Waals surface area contributed by atoms with Crippen molar-refractivity contribution in [2.75, 3.05) is 26.7 Å². The van der Waals surface area contributed by atoms with E-state index in [2.05, 4.69) is 75.8 Å². The predicted octanol–water partition coefficient (Wildman–Crippen LogP) is 3.74. The van der Waals surface area contributed by atoms with Crippen molar-refractivity contribution >= 4 is 5.96 Å². The van der Waals surface area contributed by atoms with Gasteiger partial charge in [-0.1, -0.05) is 42.0 Å². The van der Waals surface area contributed by atoms with Gasteiger partial charge in [0.2, 0.25) is 5.89 Å². The summed E-state index contributed by atoms with van der Waals surface area (Å²) in [6, 6.07) is 16.9. The molecule has 1 saturated heterocycles. The van der Waals surface area contributed by atoms with Crippen molar-refractivity contribution in [1.29, 1.82) is 0 Å². The number of morpholine rings is 1. The molecule has 1 aliphatic rings. The molecule has 1 atom stereocenters. The maximum Gasteiger partial charge on any atom is 0.226 e. The Morgan fingerprint density at radius 1 is 1.12 bits per heavy atom. The zero-order valence-corrected chi connectivity index (χ0v) is 19.7. The predicted molar refractivity (Wildman–Crippen MR) is 131 cm³/mol. The maximum atomic E-state index is 5.65. The Balaban J connectivity index is 1.27. The molecule has 1 aromatic heterocycles. The van der Waals surface area contributed by atoms with Gasteiger partial charge in [0.25, 0.3) is 0 Å². The molecule has 4 rings (SSSR count). The number of aromatic nitrogens is 1. The third kappa shape index (κ3) is 6.66. The average molecular weight is 448 g/mol. The molecule has 3 aromatic rings. The third-order valence-electron chi connectivity index (χ3n) is 5.69. The quantitative estimate of drug-likeness (QED) is 0.425. The molecule has 174 valence electrons. The van der Waals surface area contributed by atoms with Gasteiger partial charge in [-0.25, -0.2) is 4.98 Å². The van der Waals surface area contributed by atoms with Crippen molar-refractivity contribution < 1.29 is 9.15 Å². The fourth-order valence-electron chi connectivity index (χ4n) is 3.93. The van der Waals surface area contributed by atoms with Crippen LogP contribution >= 0.6 is 0 Å². The third-order valence-corrected chi connectivity index (χ3v) is 5.69. The van der Waals surface area contributed by atoms with Crippen LogP contribution in [0.15, 0.2) is 64.2 Å². The van der Waals surface area contributed by atoms with Gasteiger partial charge in [0.15, 0.2) is 5.96 Å². The molecule has 0 amide bonds. The van der Waals surface area contributed by atoms with Gasteiger partial charge in [-0.2, -0.15) is 0 Å². The minimum Gasteiger partial charge on any atom is -0.444 e. The molecule has 0 saturated carbocycles. The fourth-order valence-corrected chi connectivity index (χ4v) is 3.93. The number of hydrogen-bond donors (Lipinski definition) is 2. The first-order chi connectivity index (χ1) is 16.1. The molecule has 2 N–H and O–H groups in total. The summed E-state index contributed by atoms with van der Waals surface area (Å²) in [7, 11) is 1.77. The Kier molecular flexibility index (Phi) is 7.75. The molecule has 1 fully saturated rings. The lowest BCUT2D eigenvalue weighted by Crippen LogP contribution is -2.40. The van der Waals surface area contributed by atoms with E-state index in [-0.39, 0.29) is 0 Å². The van der Waals surface area contributed by atoms with Gasteiger partial charge in [-0.15, -0.1) is 0 Å². The molecule has 2 heterocycles. The van der Waals surface area contributed by atoms with Gasteiger partial charge in [0.05, 0.1) is 24.9 Å². The van der Waals surface area contributed by atoms with Crippen molar-refractivity contribution in [2.24, 2.45) is 4.99 Å². The van der Waals surface area contributed by atoms with Gasteiger partial charge < -0.3 is 19.8 Å². The molecule has 0 radical (unpaired) electrons. The largest absolute Gasteiger partial charge is 0.444 e. The topological polar surface area (TPSA) is 74.9 Å². The number of benzene rings is 2. The first kappa shape index (κ1) is 23.0. The Morgan fingerprint density at radius 3 is 2.70 bits per heavy atom. The molecule has 1 unspecified atom stereocenters. The van der Waals surface area contributed by atoms with E-state index in [0.717, 1.165) is 43.5 Å². The summed E-state index contributed by atoms with van der Waals surface area (Å²) in [4.78, 5) is 11.4. The molecular formula is C26H33N5O2. The van der Waals surface area contributed by atoms with E-state index in [1.165, 1.54) is 16.7 Å². The summed E-state index contributed by atoms with van der Waals surface area (Å²) in [5.41, 5.74) is 5.55. The molecule has 0 bridgehead atoms. The zero-order chi connectivity index (χ0) is 23.0. The summed E-state index contributed by atoms with van der Waals surface area (Å²) in [5.74, 6) is 1.35. The Morgan fingerprint density at radius 2 is 1.91 bits per heavy atom. The lowest BCUT2D eigenvalue weighted by atomic mass is 10.1. The molecule has 0 aliphatic carbocycles. The summed E-state index contributed by atoms with van der Waals surface area (Å²) in [6.07, 6.45) is 1.99. The monoisotopic (exact) mass is 447 g/mol. The van der Waals surface area contributed by atoms with Crippen LogP contribution in [0.4, 0.5) is 0 Å². The van der Waals surface area contributed by atoms with E-state index < -0.39 is 0 Å². The number of nitrogens with zero attached hydrogens (tertiary/aromatic N) is 3. The standard InChI is InChI=1S/C26H33N5O2/c1-19-7-9-23(10-8-19)25-30-24(18-33-25)15-29-26(27-3)28-14-21-5-4-6-22(13-21)17-31-11-12-32-20(2)16-31/h4-10,13,18,20H,11-12,14-17H2,1-3H3,(H2,27,28,29). The van der Waals surface area contributed by atoms with Crippen LogP contribution in [0.5, 0.6) is 0 Å². The van der Waals surface area contributed by atoms with Gasteiger partial charge in [-0.3, -0.25) is 9.89 Å². The summed E-state index contributed by atoms with van der Waals surface area (Å²) >= 11 is 0. The van der Waals surface area contributed by atoms with E-state index in [9.17, 15) is 0 Å². The number of aliphatic imine (C=N–C) groups is 1. The second-order valence-electron chi connectivity index (χ2n) is 8.53. The molecular weight excluding hydrogens is 414 g/mol. The minimum absolute atomic E-state index is 0.302. The molecule has 2 aromatic carbocycles. The van der Waals surface area contributed by atoms with Crippen LogP contribution in [0.25, 0.3) is 11.5 Å². The Hall–Kier alpha value is -3.16. The van der Waals surface area contributed by atoms with E-state index in [1.807, 2.05) is 12.1 Å². The Bertz CT molecular complexity index is 1060. The Labute approximate surface area is 195 Å². The number of guanidine groups is 1. The van der Waals surface area contributed by atoms with Gasteiger partial charge in [-0.05, 0) is 37.1 Å². The second-order valence-corrected chi connectivity index (χ2v) is 8.53. The highest BCUT2D eigenvalue weighted by molar-refractivity contribution is 5.79. The summed E-state index contributed by atoms with van der Waals surface area (Å²) in [5, 5.41) is 6.69. The van der Waals surface area contributed by atoms with Gasteiger partial charge >= 0.3 is 0 Å².